The van der Waals surface area contributed by atoms with Gasteiger partial charge in [0.25, 0.3) is 0 Å². The van der Waals surface area contributed by atoms with Gasteiger partial charge in [0.1, 0.15) is 10.6 Å². The molecule has 86 valence electrons. The molecule has 0 bridgehead atoms. The molecule has 0 atom stereocenters. The Hall–Kier alpha value is -1.05. The van der Waals surface area contributed by atoms with Gasteiger partial charge in [-0.05, 0) is 17.7 Å². The van der Waals surface area contributed by atoms with E-state index in [1.165, 1.54) is 0 Å². The van der Waals surface area contributed by atoms with Crippen molar-refractivity contribution in [3.8, 4) is 0 Å². The van der Waals surface area contributed by atoms with Crippen molar-refractivity contribution in [1.29, 1.82) is 0 Å². The molecule has 0 aliphatic heterocycles. The van der Waals surface area contributed by atoms with Gasteiger partial charge in [-0.2, -0.15) is 16.7 Å². The Bertz CT molecular complexity index is 470. The summed E-state index contributed by atoms with van der Waals surface area (Å²) >= 11 is 3.37. The normalized spacial score (nSPS) is 10.6. The van der Waals surface area contributed by atoms with E-state index in [1.54, 1.807) is 23.1 Å². The van der Waals surface area contributed by atoms with Crippen LogP contribution in [0.2, 0.25) is 0 Å². The Labute approximate surface area is 102 Å². The molecular weight excluding hydrogens is 242 g/mol. The highest BCUT2D eigenvalue weighted by molar-refractivity contribution is 7.98. The highest BCUT2D eigenvalue weighted by Crippen LogP contribution is 2.26. The van der Waals surface area contributed by atoms with E-state index in [1.807, 2.05) is 11.4 Å². The summed E-state index contributed by atoms with van der Waals surface area (Å²) in [6.07, 6.45) is 2.08. The smallest absolute Gasteiger partial charge is 0.240 e. The summed E-state index contributed by atoms with van der Waals surface area (Å²) in [4.78, 5) is 9.51. The van der Waals surface area contributed by atoms with Gasteiger partial charge in [-0.15, -0.1) is 11.3 Å². The van der Waals surface area contributed by atoms with E-state index >= 15 is 0 Å². The molecule has 16 heavy (non-hydrogen) atoms. The lowest BCUT2D eigenvalue weighted by atomic mass is 10.4. The zero-order chi connectivity index (χ0) is 11.4. The van der Waals surface area contributed by atoms with Crippen LogP contribution in [0, 0.1) is 0 Å². The average Bonchev–Trinajstić information content (AvgIpc) is 2.77. The molecule has 2 aromatic rings. The van der Waals surface area contributed by atoms with Crippen molar-refractivity contribution >= 4 is 45.1 Å². The zero-order valence-corrected chi connectivity index (χ0v) is 10.5. The summed E-state index contributed by atoms with van der Waals surface area (Å²) in [5.74, 6) is 7.66. The number of nitrogens with two attached hydrogens (primary N) is 1. The van der Waals surface area contributed by atoms with Gasteiger partial charge in [0.05, 0.1) is 5.39 Å². The van der Waals surface area contributed by atoms with Crippen LogP contribution in [0.1, 0.15) is 0 Å². The summed E-state index contributed by atoms with van der Waals surface area (Å²) in [6, 6.07) is 2.02. The van der Waals surface area contributed by atoms with Crippen LogP contribution >= 0.6 is 23.1 Å². The molecule has 0 unspecified atom stereocenters. The maximum absolute atomic E-state index is 5.33. The van der Waals surface area contributed by atoms with Gasteiger partial charge < -0.3 is 5.32 Å². The summed E-state index contributed by atoms with van der Waals surface area (Å²) in [6.45, 7) is 0.882. The zero-order valence-electron chi connectivity index (χ0n) is 8.86. The first-order valence-corrected chi connectivity index (χ1v) is 7.07. The van der Waals surface area contributed by atoms with Gasteiger partial charge in [0.15, 0.2) is 0 Å². The molecule has 2 rings (SSSR count). The molecule has 0 spiro atoms. The topological polar surface area (TPSA) is 75.9 Å². The number of thioether (sulfide) groups is 1. The van der Waals surface area contributed by atoms with E-state index in [0.29, 0.717) is 5.95 Å². The number of nitrogen functional groups attached to an aromatic ring is 1. The first-order valence-electron chi connectivity index (χ1n) is 4.80. The minimum absolute atomic E-state index is 0.446. The van der Waals surface area contributed by atoms with Crippen LogP contribution in [0.3, 0.4) is 0 Å². The number of fused-ring (bicyclic) bond motifs is 1. The number of hydrazine groups is 1. The lowest BCUT2D eigenvalue weighted by Crippen LogP contribution is -2.13. The Kier molecular flexibility index (Phi) is 3.81. The molecule has 0 saturated heterocycles. The van der Waals surface area contributed by atoms with Crippen LogP contribution in [-0.4, -0.2) is 28.5 Å². The van der Waals surface area contributed by atoms with E-state index < -0.39 is 0 Å². The van der Waals surface area contributed by atoms with Crippen LogP contribution in [0.25, 0.3) is 10.2 Å². The predicted molar refractivity (Wildman–Crippen MR) is 72.1 cm³/mol. The molecule has 0 aliphatic rings. The second-order valence-corrected chi connectivity index (χ2v) is 4.98. The second kappa shape index (κ2) is 5.33. The fraction of sp³-hybridized carbons (Fsp3) is 0.333. The highest BCUT2D eigenvalue weighted by Gasteiger charge is 2.07. The van der Waals surface area contributed by atoms with Crippen LogP contribution in [0.4, 0.5) is 11.8 Å². The average molecular weight is 255 g/mol. The molecule has 7 heteroatoms. The first kappa shape index (κ1) is 11.4. The van der Waals surface area contributed by atoms with Gasteiger partial charge in [-0.25, -0.2) is 10.8 Å². The molecule has 4 N–H and O–H groups in total. The fourth-order valence-electron chi connectivity index (χ4n) is 1.33. The van der Waals surface area contributed by atoms with Crippen LogP contribution in [-0.2, 0) is 0 Å². The molecule has 0 saturated carbocycles. The van der Waals surface area contributed by atoms with Gasteiger partial charge in [0.2, 0.25) is 5.95 Å². The lowest BCUT2D eigenvalue weighted by molar-refractivity contribution is 1.12. The first-order chi connectivity index (χ1) is 7.85. The van der Waals surface area contributed by atoms with E-state index in [-0.39, 0.29) is 0 Å². The third kappa shape index (κ3) is 2.37. The molecule has 0 amide bonds. The summed E-state index contributed by atoms with van der Waals surface area (Å²) in [7, 11) is 0. The molecule has 2 aromatic heterocycles. The SMILES string of the molecule is CSCCNc1nc(NN)nc2sccc12. The molecular formula is C9H13N5S2. The molecule has 0 aliphatic carbocycles. The molecule has 0 aromatic carbocycles. The van der Waals surface area contributed by atoms with Crippen LogP contribution in [0.5, 0.6) is 0 Å². The number of aromatic nitrogens is 2. The van der Waals surface area contributed by atoms with Crippen molar-refractivity contribution in [3.05, 3.63) is 11.4 Å². The number of rotatable bonds is 5. The minimum atomic E-state index is 0.446. The number of anilines is 2. The molecule has 0 fully saturated rings. The quantitative estimate of drug-likeness (QED) is 0.429. The number of hydrogen-bond acceptors (Lipinski definition) is 7. The predicted octanol–water partition coefficient (Wildman–Crippen LogP) is 1.75. The number of hydrogen-bond donors (Lipinski definition) is 3. The van der Waals surface area contributed by atoms with E-state index in [4.69, 9.17) is 5.84 Å². The number of nitrogens with zero attached hydrogens (tertiary/aromatic N) is 2. The standard InChI is InChI=1S/C9H13N5S2/c1-15-5-3-11-7-6-2-4-16-8(6)13-9(12-7)14-10/h2,4H,3,5,10H2,1H3,(H2,11,12,13,14). The largest absolute Gasteiger partial charge is 0.369 e. The van der Waals surface area contributed by atoms with Crippen molar-refractivity contribution in [2.45, 2.75) is 0 Å². The Morgan fingerprint density at radius 3 is 3.12 bits per heavy atom. The van der Waals surface area contributed by atoms with Crippen LogP contribution < -0.4 is 16.6 Å². The van der Waals surface area contributed by atoms with E-state index in [0.717, 1.165) is 28.3 Å². The third-order valence-electron chi connectivity index (χ3n) is 2.05. The minimum Gasteiger partial charge on any atom is -0.369 e. The second-order valence-electron chi connectivity index (χ2n) is 3.10. The summed E-state index contributed by atoms with van der Waals surface area (Å²) in [5.41, 5.74) is 2.48. The van der Waals surface area contributed by atoms with Crippen molar-refractivity contribution in [1.82, 2.24) is 9.97 Å². The van der Waals surface area contributed by atoms with Gasteiger partial charge in [-0.1, -0.05) is 0 Å². The maximum Gasteiger partial charge on any atom is 0.240 e. The molecule has 5 nitrogen and oxygen atoms in total. The van der Waals surface area contributed by atoms with Crippen molar-refractivity contribution < 1.29 is 0 Å². The Morgan fingerprint density at radius 1 is 1.50 bits per heavy atom. The van der Waals surface area contributed by atoms with E-state index in [9.17, 15) is 0 Å². The maximum atomic E-state index is 5.33. The number of nitrogens with one attached hydrogen (secondary N) is 2. The Morgan fingerprint density at radius 2 is 2.38 bits per heavy atom. The lowest BCUT2D eigenvalue weighted by Gasteiger charge is -2.07. The van der Waals surface area contributed by atoms with Crippen molar-refractivity contribution in [2.24, 2.45) is 5.84 Å². The number of thiophene rings is 1. The van der Waals surface area contributed by atoms with E-state index in [2.05, 4.69) is 27.0 Å². The van der Waals surface area contributed by atoms with Crippen molar-refractivity contribution in [3.63, 3.8) is 0 Å². The monoisotopic (exact) mass is 255 g/mol. The molecule has 0 radical (unpaired) electrons. The van der Waals surface area contributed by atoms with Gasteiger partial charge in [-0.3, -0.25) is 5.43 Å². The highest BCUT2D eigenvalue weighted by atomic mass is 32.2. The Balaban J connectivity index is 2.29. The van der Waals surface area contributed by atoms with Crippen LogP contribution in [0.15, 0.2) is 11.4 Å². The van der Waals surface area contributed by atoms with Gasteiger partial charge in [0, 0.05) is 12.3 Å². The summed E-state index contributed by atoms with van der Waals surface area (Å²) in [5, 5.41) is 6.33. The summed E-state index contributed by atoms with van der Waals surface area (Å²) < 4.78 is 0. The fourth-order valence-corrected chi connectivity index (χ4v) is 2.40. The van der Waals surface area contributed by atoms with Gasteiger partial charge >= 0.3 is 0 Å². The molecule has 2 heterocycles. The third-order valence-corrected chi connectivity index (χ3v) is 3.47. The van der Waals surface area contributed by atoms with Crippen molar-refractivity contribution in [2.75, 3.05) is 29.3 Å².